The molecule has 1 unspecified atom stereocenters. The minimum Gasteiger partial charge on any atom is -0.489 e. The summed E-state index contributed by atoms with van der Waals surface area (Å²) in [7, 11) is 0. The van der Waals surface area contributed by atoms with Gasteiger partial charge in [0.1, 0.15) is 11.9 Å². The molecule has 0 spiro atoms. The summed E-state index contributed by atoms with van der Waals surface area (Å²) in [6.45, 7) is 4.44. The van der Waals surface area contributed by atoms with Crippen LogP contribution in [0.15, 0.2) is 48.5 Å². The van der Waals surface area contributed by atoms with Gasteiger partial charge in [0.25, 0.3) is 0 Å². The predicted molar refractivity (Wildman–Crippen MR) is 96.0 cm³/mol. The fraction of sp³-hybridized carbons (Fsp3) is 0.300. The summed E-state index contributed by atoms with van der Waals surface area (Å²) in [6.07, 6.45) is 0.891. The maximum absolute atomic E-state index is 12.1. The number of hydrogen-bond acceptors (Lipinski definition) is 3. The molecule has 0 radical (unpaired) electrons. The van der Waals surface area contributed by atoms with Gasteiger partial charge in [-0.1, -0.05) is 31.2 Å². The van der Waals surface area contributed by atoms with Crippen LogP contribution in [-0.2, 0) is 11.2 Å². The van der Waals surface area contributed by atoms with E-state index in [9.17, 15) is 9.59 Å². The van der Waals surface area contributed by atoms with Crippen molar-refractivity contribution < 1.29 is 19.4 Å². The molecule has 1 atom stereocenters. The van der Waals surface area contributed by atoms with Gasteiger partial charge >= 0.3 is 5.97 Å². The van der Waals surface area contributed by atoms with Crippen molar-refractivity contribution in [2.75, 3.05) is 6.54 Å². The van der Waals surface area contributed by atoms with Gasteiger partial charge in [0.15, 0.2) is 0 Å². The van der Waals surface area contributed by atoms with Crippen molar-refractivity contribution in [2.45, 2.75) is 32.8 Å². The average Bonchev–Trinajstić information content (AvgIpc) is 2.59. The van der Waals surface area contributed by atoms with Crippen LogP contribution in [0.2, 0.25) is 0 Å². The van der Waals surface area contributed by atoms with E-state index in [4.69, 9.17) is 9.84 Å². The number of aryl methyl sites for hydroxylation is 1. The van der Waals surface area contributed by atoms with Gasteiger partial charge in [0.05, 0.1) is 18.5 Å². The van der Waals surface area contributed by atoms with Gasteiger partial charge < -0.3 is 15.2 Å². The second kappa shape index (κ2) is 8.87. The molecular weight excluding hydrogens is 318 g/mol. The number of ether oxygens (including phenoxy) is 1. The van der Waals surface area contributed by atoms with E-state index in [1.165, 1.54) is 12.1 Å². The summed E-state index contributed by atoms with van der Waals surface area (Å²) < 4.78 is 5.91. The number of nitrogens with one attached hydrogen (secondary N) is 1. The first-order valence-electron chi connectivity index (χ1n) is 8.30. The van der Waals surface area contributed by atoms with Crippen LogP contribution in [0.3, 0.4) is 0 Å². The van der Waals surface area contributed by atoms with Gasteiger partial charge in [-0.3, -0.25) is 4.79 Å². The molecule has 0 bridgehead atoms. The van der Waals surface area contributed by atoms with Crippen LogP contribution in [0.1, 0.15) is 34.8 Å². The molecule has 2 aromatic rings. The van der Waals surface area contributed by atoms with Crippen LogP contribution < -0.4 is 10.1 Å². The zero-order valence-electron chi connectivity index (χ0n) is 14.5. The Bertz CT molecular complexity index is 725. The lowest BCUT2D eigenvalue weighted by Crippen LogP contribution is -2.35. The van der Waals surface area contributed by atoms with Gasteiger partial charge in [-0.2, -0.15) is 0 Å². The molecular formula is C20H23NO4. The van der Waals surface area contributed by atoms with E-state index >= 15 is 0 Å². The Morgan fingerprint density at radius 3 is 2.48 bits per heavy atom. The first-order chi connectivity index (χ1) is 12.0. The minimum atomic E-state index is -0.977. The van der Waals surface area contributed by atoms with Crippen molar-refractivity contribution in [2.24, 2.45) is 0 Å². The van der Waals surface area contributed by atoms with E-state index in [1.54, 1.807) is 12.1 Å². The van der Waals surface area contributed by atoms with Crippen LogP contribution in [0.25, 0.3) is 0 Å². The lowest BCUT2D eigenvalue weighted by molar-refractivity contribution is -0.120. The van der Waals surface area contributed by atoms with Crippen LogP contribution in [0.4, 0.5) is 0 Å². The summed E-state index contributed by atoms with van der Waals surface area (Å²) in [5.74, 6) is -0.296. The highest BCUT2D eigenvalue weighted by Crippen LogP contribution is 2.15. The second-order valence-corrected chi connectivity index (χ2v) is 5.95. The van der Waals surface area contributed by atoms with E-state index in [0.717, 1.165) is 23.3 Å². The number of carboxylic acids is 1. The maximum atomic E-state index is 12.1. The average molecular weight is 341 g/mol. The first-order valence-corrected chi connectivity index (χ1v) is 8.30. The van der Waals surface area contributed by atoms with Crippen molar-refractivity contribution >= 4 is 11.9 Å². The zero-order chi connectivity index (χ0) is 18.2. The monoisotopic (exact) mass is 341 g/mol. The molecule has 0 aliphatic heterocycles. The lowest BCUT2D eigenvalue weighted by atomic mass is 10.1. The highest BCUT2D eigenvalue weighted by atomic mass is 16.5. The quantitative estimate of drug-likeness (QED) is 0.773. The zero-order valence-corrected chi connectivity index (χ0v) is 14.5. The molecule has 0 saturated heterocycles. The van der Waals surface area contributed by atoms with E-state index in [1.807, 2.05) is 38.1 Å². The third-order valence-corrected chi connectivity index (χ3v) is 3.84. The third kappa shape index (κ3) is 5.95. The SMILES string of the molecule is CCC(CNC(=O)Cc1ccc(C(=O)O)cc1)Oc1cccc(C)c1. The molecule has 0 aliphatic carbocycles. The van der Waals surface area contributed by atoms with Crippen LogP contribution >= 0.6 is 0 Å². The lowest BCUT2D eigenvalue weighted by Gasteiger charge is -2.18. The fourth-order valence-corrected chi connectivity index (χ4v) is 2.39. The highest BCUT2D eigenvalue weighted by Gasteiger charge is 2.11. The van der Waals surface area contributed by atoms with Crippen molar-refractivity contribution in [3.8, 4) is 5.75 Å². The Labute approximate surface area is 147 Å². The Morgan fingerprint density at radius 1 is 1.16 bits per heavy atom. The molecule has 132 valence electrons. The van der Waals surface area contributed by atoms with E-state index in [2.05, 4.69) is 5.32 Å². The Kier molecular flexibility index (Phi) is 6.57. The molecule has 0 aromatic heterocycles. The second-order valence-electron chi connectivity index (χ2n) is 5.95. The number of benzene rings is 2. The molecule has 0 fully saturated rings. The Hall–Kier alpha value is -2.82. The standard InChI is InChI=1S/C20H23NO4/c1-3-17(25-18-6-4-5-14(2)11-18)13-21-19(22)12-15-7-9-16(10-8-15)20(23)24/h4-11,17H,3,12-13H2,1-2H3,(H,21,22)(H,23,24). The number of rotatable bonds is 8. The van der Waals surface area contributed by atoms with E-state index in [0.29, 0.717) is 6.54 Å². The van der Waals surface area contributed by atoms with Gasteiger partial charge in [0.2, 0.25) is 5.91 Å². The number of carboxylic acid groups (broad SMARTS) is 1. The first kappa shape index (κ1) is 18.5. The number of carbonyl (C=O) groups is 2. The van der Waals surface area contributed by atoms with Gasteiger partial charge in [-0.25, -0.2) is 4.79 Å². The number of hydrogen-bond donors (Lipinski definition) is 2. The topological polar surface area (TPSA) is 75.6 Å². The summed E-state index contributed by atoms with van der Waals surface area (Å²) in [6, 6.07) is 14.1. The predicted octanol–water partition coefficient (Wildman–Crippen LogP) is 3.21. The van der Waals surface area contributed by atoms with Gasteiger partial charge in [-0.15, -0.1) is 0 Å². The van der Waals surface area contributed by atoms with Crippen molar-refractivity contribution in [3.63, 3.8) is 0 Å². The van der Waals surface area contributed by atoms with Crippen LogP contribution in [0.5, 0.6) is 5.75 Å². The van der Waals surface area contributed by atoms with E-state index in [-0.39, 0.29) is 24.0 Å². The molecule has 25 heavy (non-hydrogen) atoms. The summed E-state index contributed by atoms with van der Waals surface area (Å²) in [5.41, 5.74) is 2.11. The van der Waals surface area contributed by atoms with Gasteiger partial charge in [0, 0.05) is 0 Å². The smallest absolute Gasteiger partial charge is 0.335 e. The molecule has 2 aromatic carbocycles. The molecule has 1 amide bonds. The van der Waals surface area contributed by atoms with E-state index < -0.39 is 5.97 Å². The van der Waals surface area contributed by atoms with Gasteiger partial charge in [-0.05, 0) is 48.7 Å². The Balaban J connectivity index is 1.84. The van der Waals surface area contributed by atoms with Crippen molar-refractivity contribution in [3.05, 3.63) is 65.2 Å². The number of carbonyl (C=O) groups excluding carboxylic acids is 1. The molecule has 2 rings (SSSR count). The maximum Gasteiger partial charge on any atom is 0.335 e. The molecule has 0 aliphatic rings. The summed E-state index contributed by atoms with van der Waals surface area (Å²) >= 11 is 0. The van der Waals surface area contributed by atoms with Crippen LogP contribution in [-0.4, -0.2) is 29.6 Å². The highest BCUT2D eigenvalue weighted by molar-refractivity contribution is 5.87. The third-order valence-electron chi connectivity index (χ3n) is 3.84. The van der Waals surface area contributed by atoms with Crippen molar-refractivity contribution in [1.29, 1.82) is 0 Å². The molecule has 0 heterocycles. The van der Waals surface area contributed by atoms with Crippen molar-refractivity contribution in [1.82, 2.24) is 5.32 Å². The largest absolute Gasteiger partial charge is 0.489 e. The Morgan fingerprint density at radius 2 is 1.88 bits per heavy atom. The fourth-order valence-electron chi connectivity index (χ4n) is 2.39. The number of amides is 1. The molecule has 5 nitrogen and oxygen atoms in total. The van der Waals surface area contributed by atoms with Crippen LogP contribution in [0, 0.1) is 6.92 Å². The molecule has 2 N–H and O–H groups in total. The molecule has 5 heteroatoms. The minimum absolute atomic E-state index is 0.0971. The summed E-state index contributed by atoms with van der Waals surface area (Å²) in [5, 5.41) is 11.7. The number of aromatic carboxylic acids is 1. The summed E-state index contributed by atoms with van der Waals surface area (Å²) in [4.78, 5) is 22.9. The molecule has 0 saturated carbocycles. The normalized spacial score (nSPS) is 11.6.